The summed E-state index contributed by atoms with van der Waals surface area (Å²) in [6.07, 6.45) is 4.24. The molecule has 146 valence electrons. The highest BCUT2D eigenvalue weighted by Crippen LogP contribution is 2.26. The zero-order valence-corrected chi connectivity index (χ0v) is 16.9. The van der Waals surface area contributed by atoms with Crippen LogP contribution in [0.15, 0.2) is 46.6 Å². The van der Waals surface area contributed by atoms with Gasteiger partial charge < -0.3 is 10.6 Å². The molecule has 0 heterocycles. The van der Waals surface area contributed by atoms with Crippen LogP contribution in [0.5, 0.6) is 0 Å². The number of hydrogen-bond donors (Lipinski definition) is 2. The fourth-order valence-electron chi connectivity index (χ4n) is 2.71. The summed E-state index contributed by atoms with van der Waals surface area (Å²) in [4.78, 5) is 18.3. The maximum Gasteiger partial charge on any atom is 0.208 e. The van der Waals surface area contributed by atoms with Crippen molar-refractivity contribution in [3.8, 4) is 0 Å². The molecule has 3 N–H and O–H groups in total. The first kappa shape index (κ1) is 20.9. The van der Waals surface area contributed by atoms with Crippen molar-refractivity contribution in [2.75, 3.05) is 30.8 Å². The van der Waals surface area contributed by atoms with Crippen molar-refractivity contribution in [2.45, 2.75) is 20.8 Å². The Morgan fingerprint density at radius 2 is 1.93 bits per heavy atom. The molecule has 1 aromatic carbocycles. The van der Waals surface area contributed by atoms with E-state index in [0.29, 0.717) is 30.1 Å². The molecule has 0 atom stereocenters. The van der Waals surface area contributed by atoms with Crippen molar-refractivity contribution in [3.63, 3.8) is 0 Å². The van der Waals surface area contributed by atoms with Gasteiger partial charge in [-0.1, -0.05) is 0 Å². The monoisotopic (exact) mass is 390 g/mol. The van der Waals surface area contributed by atoms with Crippen molar-refractivity contribution in [2.24, 2.45) is 10.7 Å². The summed E-state index contributed by atoms with van der Waals surface area (Å²) in [5, 5.41) is 0. The molecule has 27 heavy (non-hydrogen) atoms. The van der Waals surface area contributed by atoms with Crippen LogP contribution in [0.4, 0.5) is 11.4 Å². The third kappa shape index (κ3) is 5.77. The number of rotatable bonds is 7. The lowest BCUT2D eigenvalue weighted by Gasteiger charge is -2.24. The van der Waals surface area contributed by atoms with E-state index < -0.39 is 10.0 Å². The Morgan fingerprint density at radius 1 is 1.22 bits per heavy atom. The third-order valence-corrected chi connectivity index (χ3v) is 4.97. The number of carbonyl (C=O) groups is 1. The van der Waals surface area contributed by atoms with Gasteiger partial charge in [-0.15, -0.1) is 0 Å². The summed E-state index contributed by atoms with van der Waals surface area (Å²) in [5.41, 5.74) is 10.2. The van der Waals surface area contributed by atoms with Gasteiger partial charge in [-0.25, -0.2) is 18.1 Å². The van der Waals surface area contributed by atoms with Crippen LogP contribution in [0.3, 0.4) is 0 Å². The van der Waals surface area contributed by atoms with Crippen molar-refractivity contribution in [3.05, 3.63) is 47.2 Å². The van der Waals surface area contributed by atoms with Crippen molar-refractivity contribution < 1.29 is 13.2 Å². The van der Waals surface area contributed by atoms with Crippen LogP contribution in [-0.2, 0) is 14.8 Å². The van der Waals surface area contributed by atoms with Crippen LogP contribution in [0.25, 0.3) is 0 Å². The van der Waals surface area contributed by atoms with Crippen LogP contribution in [0.1, 0.15) is 19.4 Å². The Morgan fingerprint density at radius 3 is 2.52 bits per heavy atom. The smallest absolute Gasteiger partial charge is 0.208 e. The predicted molar refractivity (Wildman–Crippen MR) is 110 cm³/mol. The Bertz CT molecular complexity index is 930. The number of ketones is 1. The first-order valence-electron chi connectivity index (χ1n) is 8.70. The number of aliphatic imine (C=N–C) groups is 1. The predicted octanol–water partition coefficient (Wildman–Crippen LogP) is 1.81. The first-order chi connectivity index (χ1) is 12.6. The van der Waals surface area contributed by atoms with E-state index in [1.54, 1.807) is 13.0 Å². The topological polar surface area (TPSA) is 105 Å². The van der Waals surface area contributed by atoms with Gasteiger partial charge >= 0.3 is 0 Å². The third-order valence-electron chi connectivity index (χ3n) is 4.24. The number of nitrogens with zero attached hydrogens (tertiary/aromatic N) is 2. The second-order valence-electron chi connectivity index (χ2n) is 6.51. The molecule has 7 nitrogen and oxygen atoms in total. The van der Waals surface area contributed by atoms with E-state index in [0.717, 1.165) is 29.7 Å². The zero-order chi connectivity index (χ0) is 20.2. The molecule has 0 aromatic heterocycles. The lowest BCUT2D eigenvalue weighted by Crippen LogP contribution is -2.34. The van der Waals surface area contributed by atoms with Crippen LogP contribution >= 0.6 is 0 Å². The molecule has 0 bridgehead atoms. The van der Waals surface area contributed by atoms with Gasteiger partial charge in [0.1, 0.15) is 0 Å². The first-order valence-corrected chi connectivity index (χ1v) is 10.6. The molecule has 1 aliphatic rings. The molecule has 0 fully saturated rings. The van der Waals surface area contributed by atoms with Gasteiger partial charge in [0.25, 0.3) is 0 Å². The van der Waals surface area contributed by atoms with Crippen LogP contribution in [0.2, 0.25) is 0 Å². The molecule has 8 heteroatoms. The molecule has 1 aliphatic carbocycles. The maximum atomic E-state index is 11.6. The molecular weight excluding hydrogens is 364 g/mol. The Kier molecular flexibility index (Phi) is 6.56. The van der Waals surface area contributed by atoms with Crippen LogP contribution in [0, 0.1) is 6.92 Å². The van der Waals surface area contributed by atoms with Gasteiger partial charge in [0.2, 0.25) is 10.0 Å². The molecule has 0 saturated heterocycles. The molecule has 0 spiro atoms. The van der Waals surface area contributed by atoms with Gasteiger partial charge in [-0.05, 0) is 56.2 Å². The van der Waals surface area contributed by atoms with Gasteiger partial charge in [-0.3, -0.25) is 4.79 Å². The standard InChI is InChI=1S/C19H26N4O3S/c1-5-23(9-8-21-27(4,25)26)15-6-7-17(13(2)10-15)22-18-11-14(3)19(24)12-16(18)20/h6-7,10-12,21H,5,8-9,20H2,1-4H3. The van der Waals surface area contributed by atoms with E-state index in [1.165, 1.54) is 6.08 Å². The highest BCUT2D eigenvalue weighted by Gasteiger charge is 2.14. The number of aryl methyl sites for hydroxylation is 1. The van der Waals surface area contributed by atoms with Gasteiger partial charge in [0.15, 0.2) is 5.78 Å². The minimum atomic E-state index is -3.20. The molecule has 0 saturated carbocycles. The second kappa shape index (κ2) is 8.49. The van der Waals surface area contributed by atoms with E-state index in [4.69, 9.17) is 5.73 Å². The van der Waals surface area contributed by atoms with E-state index in [9.17, 15) is 13.2 Å². The zero-order valence-electron chi connectivity index (χ0n) is 16.1. The quantitative estimate of drug-likeness (QED) is 0.691. The second-order valence-corrected chi connectivity index (χ2v) is 8.34. The number of anilines is 1. The Hall–Kier alpha value is -2.45. The number of nitrogens with two attached hydrogens (primary N) is 1. The molecule has 0 radical (unpaired) electrons. The molecule has 2 rings (SSSR count). The number of benzene rings is 1. The maximum absolute atomic E-state index is 11.6. The summed E-state index contributed by atoms with van der Waals surface area (Å²) in [5.74, 6) is -0.0974. The molecule has 0 aliphatic heterocycles. The fourth-order valence-corrected chi connectivity index (χ4v) is 3.17. The van der Waals surface area contributed by atoms with E-state index in [1.807, 2.05) is 32.0 Å². The molecule has 1 aromatic rings. The normalized spacial score (nSPS) is 16.3. The van der Waals surface area contributed by atoms with Gasteiger partial charge in [0, 0.05) is 31.4 Å². The lowest BCUT2D eigenvalue weighted by atomic mass is 10.0. The summed E-state index contributed by atoms with van der Waals surface area (Å²) in [6, 6.07) is 5.85. The highest BCUT2D eigenvalue weighted by atomic mass is 32.2. The van der Waals surface area contributed by atoms with E-state index in [2.05, 4.69) is 14.6 Å². The summed E-state index contributed by atoms with van der Waals surface area (Å²) in [7, 11) is -3.20. The van der Waals surface area contributed by atoms with Crippen LogP contribution < -0.4 is 15.4 Å². The lowest BCUT2D eigenvalue weighted by molar-refractivity contribution is -0.111. The van der Waals surface area contributed by atoms with Gasteiger partial charge in [-0.2, -0.15) is 0 Å². The number of hydrogen-bond acceptors (Lipinski definition) is 6. The Balaban J connectivity index is 2.20. The number of nitrogens with one attached hydrogen (secondary N) is 1. The van der Waals surface area contributed by atoms with Crippen molar-refractivity contribution in [1.82, 2.24) is 4.72 Å². The number of allylic oxidation sites excluding steroid dienone is 3. The highest BCUT2D eigenvalue weighted by molar-refractivity contribution is 7.88. The Labute approximate surface area is 160 Å². The molecular formula is C19H26N4O3S. The molecule has 0 amide bonds. The van der Waals surface area contributed by atoms with E-state index >= 15 is 0 Å². The minimum Gasteiger partial charge on any atom is -0.397 e. The molecule has 0 unspecified atom stereocenters. The van der Waals surface area contributed by atoms with Crippen molar-refractivity contribution in [1.29, 1.82) is 0 Å². The SMILES string of the molecule is CCN(CCNS(C)(=O)=O)c1ccc(N=C2C=C(C)C(=O)C=C2N)c(C)c1. The summed E-state index contributed by atoms with van der Waals surface area (Å²) < 4.78 is 24.9. The average molecular weight is 391 g/mol. The number of likely N-dealkylation sites (N-methyl/N-ethyl adjacent to an activating group) is 1. The average Bonchev–Trinajstić information content (AvgIpc) is 2.57. The van der Waals surface area contributed by atoms with Crippen molar-refractivity contribution >= 4 is 32.9 Å². The number of carbonyl (C=O) groups excluding carboxylic acids is 1. The van der Waals surface area contributed by atoms with Crippen LogP contribution in [-0.4, -0.2) is 45.8 Å². The minimum absolute atomic E-state index is 0.0974. The summed E-state index contributed by atoms with van der Waals surface area (Å²) >= 11 is 0. The number of sulfonamides is 1. The fraction of sp³-hybridized carbons (Fsp3) is 0.368. The largest absolute Gasteiger partial charge is 0.397 e. The summed E-state index contributed by atoms with van der Waals surface area (Å²) in [6.45, 7) is 7.36. The van der Waals surface area contributed by atoms with E-state index in [-0.39, 0.29) is 5.78 Å². The van der Waals surface area contributed by atoms with Gasteiger partial charge in [0.05, 0.1) is 23.4 Å².